The van der Waals surface area contributed by atoms with E-state index in [9.17, 15) is 0 Å². The summed E-state index contributed by atoms with van der Waals surface area (Å²) in [7, 11) is 2.17. The van der Waals surface area contributed by atoms with Crippen molar-refractivity contribution in [2.24, 2.45) is 0 Å². The van der Waals surface area contributed by atoms with Crippen LogP contribution in [0.1, 0.15) is 13.3 Å². The Kier molecular flexibility index (Phi) is 3.41. The van der Waals surface area contributed by atoms with Gasteiger partial charge in [-0.15, -0.1) is 11.8 Å². The monoisotopic (exact) mass is 152 g/mol. The van der Waals surface area contributed by atoms with E-state index in [1.54, 1.807) is 0 Å². The highest BCUT2D eigenvalue weighted by atomic mass is 15.2. The summed E-state index contributed by atoms with van der Waals surface area (Å²) in [4.78, 5) is 2.38. The number of hydrogen-bond donors (Lipinski definition) is 1. The van der Waals surface area contributed by atoms with Crippen LogP contribution in [0.5, 0.6) is 0 Å². The molecular weight excluding hydrogens is 136 g/mol. The minimum atomic E-state index is 0.758. The molecule has 1 aliphatic rings. The molecule has 0 aromatic rings. The molecule has 0 aromatic heterocycles. The molecule has 0 saturated carbocycles. The fraction of sp³-hybridized carbons (Fsp3) is 0.778. The largest absolute Gasteiger partial charge is 0.314 e. The molecule has 0 spiro atoms. The van der Waals surface area contributed by atoms with Crippen molar-refractivity contribution in [1.82, 2.24) is 10.2 Å². The van der Waals surface area contributed by atoms with Crippen molar-refractivity contribution in [2.45, 2.75) is 19.4 Å². The lowest BCUT2D eigenvalue weighted by molar-refractivity contribution is 0.184. The average molecular weight is 152 g/mol. The molecule has 2 nitrogen and oxygen atoms in total. The van der Waals surface area contributed by atoms with Crippen LogP contribution in [0.15, 0.2) is 0 Å². The molecule has 0 aromatic carbocycles. The zero-order chi connectivity index (χ0) is 8.10. The Morgan fingerprint density at radius 3 is 2.73 bits per heavy atom. The average Bonchev–Trinajstić information content (AvgIpc) is 1.84. The summed E-state index contributed by atoms with van der Waals surface area (Å²) < 4.78 is 0. The van der Waals surface area contributed by atoms with E-state index in [0.717, 1.165) is 32.1 Å². The van der Waals surface area contributed by atoms with Crippen LogP contribution < -0.4 is 5.32 Å². The third-order valence-corrected chi connectivity index (χ3v) is 2.15. The number of likely N-dealkylation sites (N-methyl/N-ethyl adjacent to an activating group) is 1. The third-order valence-electron chi connectivity index (χ3n) is 2.15. The van der Waals surface area contributed by atoms with Crippen molar-refractivity contribution in [3.63, 3.8) is 0 Å². The van der Waals surface area contributed by atoms with Crippen LogP contribution >= 0.6 is 0 Å². The highest BCUT2D eigenvalue weighted by Gasteiger charge is 2.20. The van der Waals surface area contributed by atoms with Gasteiger partial charge in [-0.2, -0.15) is 0 Å². The van der Waals surface area contributed by atoms with Gasteiger partial charge in [0.25, 0.3) is 0 Å². The summed E-state index contributed by atoms with van der Waals surface area (Å²) in [6, 6.07) is 0.758. The van der Waals surface area contributed by atoms with Crippen LogP contribution in [0.25, 0.3) is 0 Å². The molecule has 1 fully saturated rings. The van der Waals surface area contributed by atoms with Gasteiger partial charge in [0.1, 0.15) is 0 Å². The van der Waals surface area contributed by atoms with Gasteiger partial charge < -0.3 is 5.32 Å². The molecule has 0 bridgehead atoms. The first-order valence-electron chi connectivity index (χ1n) is 4.15. The normalized spacial score (nSPS) is 17.4. The Labute approximate surface area is 69.0 Å². The van der Waals surface area contributed by atoms with Crippen LogP contribution in [0.4, 0.5) is 0 Å². The first kappa shape index (κ1) is 8.58. The molecule has 0 amide bonds. The number of nitrogens with one attached hydrogen (secondary N) is 1. The molecule has 1 heterocycles. The van der Waals surface area contributed by atoms with Gasteiger partial charge in [0.15, 0.2) is 0 Å². The van der Waals surface area contributed by atoms with E-state index in [1.165, 1.54) is 0 Å². The van der Waals surface area contributed by atoms with E-state index in [-0.39, 0.29) is 0 Å². The summed E-state index contributed by atoms with van der Waals surface area (Å²) in [5.74, 6) is 5.98. The van der Waals surface area contributed by atoms with E-state index in [2.05, 4.69) is 29.1 Å². The van der Waals surface area contributed by atoms with Gasteiger partial charge in [-0.3, -0.25) is 4.90 Å². The van der Waals surface area contributed by atoms with E-state index in [4.69, 9.17) is 0 Å². The Morgan fingerprint density at radius 1 is 1.55 bits per heavy atom. The van der Waals surface area contributed by atoms with Gasteiger partial charge in [-0.25, -0.2) is 0 Å². The molecule has 0 radical (unpaired) electrons. The standard InChI is InChI=1S/C9H16N2/c1-3-4-5-6-11(2)9-7-10-8-9/h9-10H,5-8H2,1-2H3. The SMILES string of the molecule is CC#CCCN(C)C1CNC1. The van der Waals surface area contributed by atoms with Crippen LogP contribution in [-0.4, -0.2) is 37.6 Å². The number of rotatable bonds is 3. The maximum atomic E-state index is 3.25. The Morgan fingerprint density at radius 2 is 2.27 bits per heavy atom. The van der Waals surface area contributed by atoms with Gasteiger partial charge in [0.05, 0.1) is 0 Å². The van der Waals surface area contributed by atoms with E-state index in [0.29, 0.717) is 0 Å². The quantitative estimate of drug-likeness (QED) is 0.585. The highest BCUT2D eigenvalue weighted by Crippen LogP contribution is 2.01. The Balaban J connectivity index is 2.08. The molecule has 62 valence electrons. The summed E-state index contributed by atoms with van der Waals surface area (Å²) in [5.41, 5.74) is 0. The van der Waals surface area contributed by atoms with Crippen molar-refractivity contribution in [1.29, 1.82) is 0 Å². The summed E-state index contributed by atoms with van der Waals surface area (Å²) >= 11 is 0. The fourth-order valence-electron chi connectivity index (χ4n) is 1.12. The van der Waals surface area contributed by atoms with E-state index in [1.807, 2.05) is 6.92 Å². The fourth-order valence-corrected chi connectivity index (χ4v) is 1.12. The summed E-state index contributed by atoms with van der Waals surface area (Å²) in [6.07, 6.45) is 1.00. The minimum Gasteiger partial charge on any atom is -0.314 e. The molecule has 1 N–H and O–H groups in total. The predicted octanol–water partition coefficient (Wildman–Crippen LogP) is 0.303. The lowest BCUT2D eigenvalue weighted by Crippen LogP contribution is -2.55. The molecule has 0 unspecified atom stereocenters. The van der Waals surface area contributed by atoms with Gasteiger partial charge in [0, 0.05) is 32.1 Å². The molecule has 11 heavy (non-hydrogen) atoms. The van der Waals surface area contributed by atoms with Crippen molar-refractivity contribution >= 4 is 0 Å². The van der Waals surface area contributed by atoms with Crippen LogP contribution in [0.2, 0.25) is 0 Å². The van der Waals surface area contributed by atoms with Crippen molar-refractivity contribution in [3.05, 3.63) is 0 Å². The Hall–Kier alpha value is -0.520. The first-order chi connectivity index (χ1) is 5.34. The van der Waals surface area contributed by atoms with Gasteiger partial charge >= 0.3 is 0 Å². The maximum absolute atomic E-state index is 3.25. The molecule has 1 saturated heterocycles. The van der Waals surface area contributed by atoms with Crippen LogP contribution in [0.3, 0.4) is 0 Å². The van der Waals surface area contributed by atoms with E-state index < -0.39 is 0 Å². The molecular formula is C9H16N2. The Bertz CT molecular complexity index is 162. The van der Waals surface area contributed by atoms with Crippen LogP contribution in [-0.2, 0) is 0 Å². The molecule has 2 heteroatoms. The third kappa shape index (κ3) is 2.53. The molecule has 1 rings (SSSR count). The smallest absolute Gasteiger partial charge is 0.0342 e. The second kappa shape index (κ2) is 4.38. The molecule has 0 aliphatic carbocycles. The number of nitrogens with zero attached hydrogens (tertiary/aromatic N) is 1. The van der Waals surface area contributed by atoms with Crippen LogP contribution in [0, 0.1) is 11.8 Å². The zero-order valence-corrected chi connectivity index (χ0v) is 7.35. The number of hydrogen-bond acceptors (Lipinski definition) is 2. The van der Waals surface area contributed by atoms with Gasteiger partial charge in [0.2, 0.25) is 0 Å². The van der Waals surface area contributed by atoms with Crippen molar-refractivity contribution in [3.8, 4) is 11.8 Å². The highest BCUT2D eigenvalue weighted by molar-refractivity contribution is 4.96. The van der Waals surface area contributed by atoms with Gasteiger partial charge in [-0.1, -0.05) is 0 Å². The molecule has 0 atom stereocenters. The van der Waals surface area contributed by atoms with Crippen molar-refractivity contribution < 1.29 is 0 Å². The van der Waals surface area contributed by atoms with Crippen molar-refractivity contribution in [2.75, 3.05) is 26.7 Å². The first-order valence-corrected chi connectivity index (χ1v) is 4.15. The lowest BCUT2D eigenvalue weighted by Gasteiger charge is -2.35. The van der Waals surface area contributed by atoms with E-state index >= 15 is 0 Å². The van der Waals surface area contributed by atoms with Gasteiger partial charge in [-0.05, 0) is 14.0 Å². The maximum Gasteiger partial charge on any atom is 0.0342 e. The summed E-state index contributed by atoms with van der Waals surface area (Å²) in [5, 5.41) is 3.25. The zero-order valence-electron chi connectivity index (χ0n) is 7.35. The second-order valence-electron chi connectivity index (χ2n) is 2.97. The molecule has 1 aliphatic heterocycles. The lowest BCUT2D eigenvalue weighted by atomic mass is 10.1. The minimum absolute atomic E-state index is 0.758. The summed E-state index contributed by atoms with van der Waals surface area (Å²) in [6.45, 7) is 5.30. The predicted molar refractivity (Wildman–Crippen MR) is 47.4 cm³/mol. The topological polar surface area (TPSA) is 15.3 Å². The second-order valence-corrected chi connectivity index (χ2v) is 2.97.